The van der Waals surface area contributed by atoms with E-state index in [0.29, 0.717) is 30.8 Å². The van der Waals surface area contributed by atoms with Gasteiger partial charge in [0.25, 0.3) is 5.91 Å². The Morgan fingerprint density at radius 2 is 1.74 bits per heavy atom. The van der Waals surface area contributed by atoms with Gasteiger partial charge in [-0.2, -0.15) is 0 Å². The third kappa shape index (κ3) is 6.67. The van der Waals surface area contributed by atoms with Gasteiger partial charge in [0.1, 0.15) is 5.82 Å². The van der Waals surface area contributed by atoms with Crippen LogP contribution in [0.15, 0.2) is 48.5 Å². The molecule has 1 aliphatic heterocycles. The number of nitrogens with one attached hydrogen (secondary N) is 1. The van der Waals surface area contributed by atoms with Crippen LogP contribution in [0.1, 0.15) is 66.6 Å². The van der Waals surface area contributed by atoms with Crippen LogP contribution in [0, 0.1) is 5.82 Å². The number of methoxy groups -OCH3 is 1. The quantitative estimate of drug-likeness (QED) is 0.430. The number of carbonyl (C=O) groups excluding carboxylic acids is 2. The van der Waals surface area contributed by atoms with Crippen molar-refractivity contribution in [1.29, 1.82) is 0 Å². The number of ether oxygens (including phenoxy) is 1. The number of benzene rings is 2. The van der Waals surface area contributed by atoms with Gasteiger partial charge < -0.3 is 19.9 Å². The molecule has 0 saturated heterocycles. The van der Waals surface area contributed by atoms with Crippen molar-refractivity contribution in [2.45, 2.75) is 45.1 Å². The molecule has 0 bridgehead atoms. The zero-order valence-corrected chi connectivity index (χ0v) is 21.1. The molecule has 0 fully saturated rings. The summed E-state index contributed by atoms with van der Waals surface area (Å²) in [6.45, 7) is 8.63. The molecule has 0 aliphatic carbocycles. The average Bonchev–Trinajstić information content (AvgIpc) is 2.86. The van der Waals surface area contributed by atoms with Gasteiger partial charge >= 0.3 is 0 Å². The Bertz CT molecular complexity index is 960. The standard InChI is InChI=1S/C28H38FN3O3/c1-4-16-31(17-5-2)18-8-15-30-27(33)25-23-9-6-7-10-24(23)28(34)32(19-20-35-3)26(25)21-11-13-22(29)14-12-21/h6-7,9-14,25-26H,4-5,8,15-20H2,1-3H3,(H,30,33). The monoisotopic (exact) mass is 483 g/mol. The van der Waals surface area contributed by atoms with E-state index in [4.69, 9.17) is 4.74 Å². The van der Waals surface area contributed by atoms with Crippen LogP contribution in [-0.4, -0.2) is 68.1 Å². The first kappa shape index (κ1) is 26.8. The molecule has 6 nitrogen and oxygen atoms in total. The van der Waals surface area contributed by atoms with Crippen molar-refractivity contribution in [3.8, 4) is 0 Å². The lowest BCUT2D eigenvalue weighted by atomic mass is 9.79. The molecule has 190 valence electrons. The highest BCUT2D eigenvalue weighted by molar-refractivity contribution is 6.01. The minimum atomic E-state index is -0.603. The average molecular weight is 484 g/mol. The molecular weight excluding hydrogens is 445 g/mol. The summed E-state index contributed by atoms with van der Waals surface area (Å²) in [6, 6.07) is 12.8. The Balaban J connectivity index is 1.87. The fraction of sp³-hybridized carbons (Fsp3) is 0.500. The molecule has 2 amide bonds. The summed E-state index contributed by atoms with van der Waals surface area (Å²) >= 11 is 0. The van der Waals surface area contributed by atoms with Crippen molar-refractivity contribution in [2.75, 3.05) is 46.4 Å². The predicted octanol–water partition coefficient (Wildman–Crippen LogP) is 4.38. The van der Waals surface area contributed by atoms with Gasteiger partial charge in [-0.3, -0.25) is 9.59 Å². The van der Waals surface area contributed by atoms with Crippen LogP contribution in [-0.2, 0) is 9.53 Å². The second-order valence-corrected chi connectivity index (χ2v) is 9.04. The number of hydrogen-bond donors (Lipinski definition) is 1. The van der Waals surface area contributed by atoms with Crippen LogP contribution in [0.2, 0.25) is 0 Å². The van der Waals surface area contributed by atoms with Gasteiger partial charge in [0.05, 0.1) is 18.6 Å². The molecule has 3 rings (SSSR count). The third-order valence-corrected chi connectivity index (χ3v) is 6.50. The van der Waals surface area contributed by atoms with E-state index in [0.717, 1.165) is 44.5 Å². The minimum Gasteiger partial charge on any atom is -0.383 e. The maximum absolute atomic E-state index is 13.7. The first-order valence-corrected chi connectivity index (χ1v) is 12.7. The molecule has 0 spiro atoms. The van der Waals surface area contributed by atoms with Crippen molar-refractivity contribution >= 4 is 11.8 Å². The second kappa shape index (κ2) is 13.4. The summed E-state index contributed by atoms with van der Waals surface area (Å²) in [6.07, 6.45) is 3.07. The van der Waals surface area contributed by atoms with Crippen molar-refractivity contribution in [2.24, 2.45) is 0 Å². The molecule has 35 heavy (non-hydrogen) atoms. The van der Waals surface area contributed by atoms with Crippen LogP contribution >= 0.6 is 0 Å². The highest BCUT2D eigenvalue weighted by atomic mass is 19.1. The summed E-state index contributed by atoms with van der Waals surface area (Å²) in [5, 5.41) is 3.13. The van der Waals surface area contributed by atoms with Crippen LogP contribution < -0.4 is 5.32 Å². The summed E-state index contributed by atoms with van der Waals surface area (Å²) in [5.74, 6) is -1.23. The molecule has 0 saturated carbocycles. The van der Waals surface area contributed by atoms with Crippen LogP contribution in [0.4, 0.5) is 4.39 Å². The van der Waals surface area contributed by atoms with E-state index < -0.39 is 12.0 Å². The molecule has 0 aromatic heterocycles. The molecule has 2 aromatic rings. The zero-order valence-electron chi connectivity index (χ0n) is 21.1. The predicted molar refractivity (Wildman–Crippen MR) is 136 cm³/mol. The third-order valence-electron chi connectivity index (χ3n) is 6.50. The number of hydrogen-bond acceptors (Lipinski definition) is 4. The van der Waals surface area contributed by atoms with Crippen LogP contribution in [0.25, 0.3) is 0 Å². The fourth-order valence-corrected chi connectivity index (χ4v) is 4.93. The van der Waals surface area contributed by atoms with Gasteiger partial charge in [-0.25, -0.2) is 4.39 Å². The topological polar surface area (TPSA) is 61.9 Å². The largest absolute Gasteiger partial charge is 0.383 e. The Morgan fingerprint density at radius 1 is 1.06 bits per heavy atom. The Kier molecular flexibility index (Phi) is 10.2. The molecular formula is C28H38FN3O3. The molecule has 2 unspecified atom stereocenters. The lowest BCUT2D eigenvalue weighted by molar-refractivity contribution is -0.124. The van der Waals surface area contributed by atoms with Gasteiger partial charge in [-0.05, 0) is 68.2 Å². The SMILES string of the molecule is CCCN(CCC)CCCNC(=O)C1c2ccccc2C(=O)N(CCOC)C1c1ccc(F)cc1. The second-order valence-electron chi connectivity index (χ2n) is 9.04. The Hall–Kier alpha value is -2.77. The van der Waals surface area contributed by atoms with Crippen LogP contribution in [0.5, 0.6) is 0 Å². The Labute approximate surface area is 208 Å². The number of halogens is 1. The van der Waals surface area contributed by atoms with Crippen molar-refractivity contribution in [3.63, 3.8) is 0 Å². The van der Waals surface area contributed by atoms with E-state index in [1.54, 1.807) is 30.2 Å². The van der Waals surface area contributed by atoms with Gasteiger partial charge in [0, 0.05) is 25.8 Å². The van der Waals surface area contributed by atoms with E-state index in [2.05, 4.69) is 24.1 Å². The van der Waals surface area contributed by atoms with Gasteiger partial charge in [0.15, 0.2) is 0 Å². The normalized spacial score (nSPS) is 17.5. The molecule has 1 N–H and O–H groups in total. The number of amides is 2. The molecule has 1 aliphatic rings. The summed E-state index contributed by atoms with van der Waals surface area (Å²) in [7, 11) is 1.58. The first-order valence-electron chi connectivity index (χ1n) is 12.7. The number of nitrogens with zero attached hydrogens (tertiary/aromatic N) is 2. The maximum Gasteiger partial charge on any atom is 0.254 e. The first-order chi connectivity index (χ1) is 17.0. The van der Waals surface area contributed by atoms with Crippen LogP contribution in [0.3, 0.4) is 0 Å². The van der Waals surface area contributed by atoms with E-state index >= 15 is 0 Å². The molecule has 1 heterocycles. The van der Waals surface area contributed by atoms with Gasteiger partial charge in [-0.15, -0.1) is 0 Å². The van der Waals surface area contributed by atoms with E-state index in [9.17, 15) is 14.0 Å². The number of rotatable bonds is 13. The van der Waals surface area contributed by atoms with E-state index in [1.165, 1.54) is 12.1 Å². The van der Waals surface area contributed by atoms with Gasteiger partial charge in [-0.1, -0.05) is 44.2 Å². The van der Waals surface area contributed by atoms with Crippen molar-refractivity contribution < 1.29 is 18.7 Å². The fourth-order valence-electron chi connectivity index (χ4n) is 4.93. The summed E-state index contributed by atoms with van der Waals surface area (Å²) < 4.78 is 19.0. The van der Waals surface area contributed by atoms with E-state index in [1.807, 2.05) is 18.2 Å². The Morgan fingerprint density at radius 3 is 2.40 bits per heavy atom. The minimum absolute atomic E-state index is 0.126. The summed E-state index contributed by atoms with van der Waals surface area (Å²) in [5.41, 5.74) is 1.96. The highest BCUT2D eigenvalue weighted by Crippen LogP contribution is 2.42. The molecule has 2 atom stereocenters. The highest BCUT2D eigenvalue weighted by Gasteiger charge is 2.43. The molecule has 0 radical (unpaired) electrons. The lowest BCUT2D eigenvalue weighted by Crippen LogP contribution is -2.48. The lowest BCUT2D eigenvalue weighted by Gasteiger charge is -2.41. The molecule has 2 aromatic carbocycles. The van der Waals surface area contributed by atoms with Crippen molar-refractivity contribution in [1.82, 2.24) is 15.1 Å². The smallest absolute Gasteiger partial charge is 0.254 e. The maximum atomic E-state index is 13.7. The number of carbonyl (C=O) groups is 2. The number of fused-ring (bicyclic) bond motifs is 1. The zero-order chi connectivity index (χ0) is 25.2. The van der Waals surface area contributed by atoms with Crippen molar-refractivity contribution in [3.05, 3.63) is 71.0 Å². The van der Waals surface area contributed by atoms with Gasteiger partial charge in [0.2, 0.25) is 5.91 Å². The summed E-state index contributed by atoms with van der Waals surface area (Å²) in [4.78, 5) is 31.2. The van der Waals surface area contributed by atoms with E-state index in [-0.39, 0.29) is 17.6 Å². The molecule has 7 heteroatoms.